The zero-order valence-corrected chi connectivity index (χ0v) is 10.8. The van der Waals surface area contributed by atoms with Gasteiger partial charge in [-0.3, -0.25) is 4.79 Å². The normalized spacial score (nSPS) is 21.9. The molecule has 0 saturated carbocycles. The molecule has 1 aromatic carbocycles. The maximum atomic E-state index is 11.1. The molecule has 0 radical (unpaired) electrons. The van der Waals surface area contributed by atoms with Crippen molar-refractivity contribution in [1.29, 1.82) is 0 Å². The molecular weight excluding hydrogens is 244 g/mol. The summed E-state index contributed by atoms with van der Waals surface area (Å²) in [6, 6.07) is 6.15. The van der Waals surface area contributed by atoms with Crippen molar-refractivity contribution in [2.24, 2.45) is 0 Å². The molecule has 0 aromatic heterocycles. The van der Waals surface area contributed by atoms with Gasteiger partial charge in [0.1, 0.15) is 0 Å². The average Bonchev–Trinajstić information content (AvgIpc) is 2.69. The minimum Gasteiger partial charge on any atom is -0.490 e. The van der Waals surface area contributed by atoms with Gasteiger partial charge < -0.3 is 20.1 Å². The number of para-hydroxylation sites is 1. The van der Waals surface area contributed by atoms with Crippen molar-refractivity contribution in [3.05, 3.63) is 23.8 Å². The summed E-state index contributed by atoms with van der Waals surface area (Å²) in [6.07, 6.45) is 1.45. The van der Waals surface area contributed by atoms with Gasteiger partial charge in [0.05, 0.1) is 13.2 Å². The Kier molecular flexibility index (Phi) is 3.55. The van der Waals surface area contributed by atoms with Gasteiger partial charge in [0, 0.05) is 37.5 Å². The van der Waals surface area contributed by atoms with Crippen LogP contribution in [0, 0.1) is 0 Å². The molecular formula is C14H18N2O3. The van der Waals surface area contributed by atoms with E-state index in [1.807, 2.05) is 18.2 Å². The topological polar surface area (TPSA) is 59.6 Å². The van der Waals surface area contributed by atoms with Gasteiger partial charge in [-0.15, -0.1) is 0 Å². The number of fused-ring (bicyclic) bond motifs is 1. The fraction of sp³-hybridized carbons (Fsp3) is 0.500. The quantitative estimate of drug-likeness (QED) is 0.847. The fourth-order valence-electron chi connectivity index (χ4n) is 2.40. The second kappa shape index (κ2) is 5.48. The van der Waals surface area contributed by atoms with Gasteiger partial charge in [0.25, 0.3) is 0 Å². The molecule has 1 unspecified atom stereocenters. The molecule has 102 valence electrons. The highest BCUT2D eigenvalue weighted by molar-refractivity contribution is 5.78. The predicted octanol–water partition coefficient (Wildman–Crippen LogP) is 0.826. The first-order chi connectivity index (χ1) is 9.33. The van der Waals surface area contributed by atoms with Crippen LogP contribution < -0.4 is 20.1 Å². The summed E-state index contributed by atoms with van der Waals surface area (Å²) in [5.41, 5.74) is 1.08. The number of benzene rings is 1. The third kappa shape index (κ3) is 2.81. The Hall–Kier alpha value is -1.75. The zero-order valence-electron chi connectivity index (χ0n) is 10.8. The summed E-state index contributed by atoms with van der Waals surface area (Å²) in [7, 11) is 0. The molecule has 19 heavy (non-hydrogen) atoms. The third-order valence-corrected chi connectivity index (χ3v) is 3.41. The highest BCUT2D eigenvalue weighted by Gasteiger charge is 2.21. The number of carbonyl (C=O) groups is 1. The van der Waals surface area contributed by atoms with E-state index in [-0.39, 0.29) is 11.9 Å². The monoisotopic (exact) mass is 262 g/mol. The van der Waals surface area contributed by atoms with Crippen LogP contribution in [-0.4, -0.2) is 31.7 Å². The lowest BCUT2D eigenvalue weighted by Gasteiger charge is -2.15. The van der Waals surface area contributed by atoms with Crippen molar-refractivity contribution < 1.29 is 14.3 Å². The van der Waals surface area contributed by atoms with Gasteiger partial charge in [-0.2, -0.15) is 0 Å². The van der Waals surface area contributed by atoms with Crippen LogP contribution in [0.5, 0.6) is 11.5 Å². The Morgan fingerprint density at radius 1 is 1.32 bits per heavy atom. The highest BCUT2D eigenvalue weighted by Crippen LogP contribution is 2.33. The van der Waals surface area contributed by atoms with Gasteiger partial charge in [0.15, 0.2) is 11.5 Å². The van der Waals surface area contributed by atoms with E-state index < -0.39 is 0 Å². The molecule has 1 saturated heterocycles. The van der Waals surface area contributed by atoms with Gasteiger partial charge in [-0.1, -0.05) is 12.1 Å². The summed E-state index contributed by atoms with van der Waals surface area (Å²) >= 11 is 0. The van der Waals surface area contributed by atoms with E-state index in [1.54, 1.807) is 0 Å². The number of hydrogen-bond donors (Lipinski definition) is 2. The molecule has 1 aromatic rings. The van der Waals surface area contributed by atoms with Gasteiger partial charge in [-0.05, 0) is 6.07 Å². The van der Waals surface area contributed by atoms with Crippen LogP contribution in [0.3, 0.4) is 0 Å². The van der Waals surface area contributed by atoms with E-state index in [0.717, 1.165) is 23.5 Å². The number of nitrogens with one attached hydrogen (secondary N) is 2. The molecule has 2 N–H and O–H groups in total. The number of ether oxygens (including phenoxy) is 2. The van der Waals surface area contributed by atoms with Gasteiger partial charge in [0.2, 0.25) is 5.91 Å². The molecule has 2 aliphatic rings. The lowest BCUT2D eigenvalue weighted by Crippen LogP contribution is -2.30. The molecule has 3 rings (SSSR count). The molecule has 1 amide bonds. The Balaban J connectivity index is 1.69. The van der Waals surface area contributed by atoms with Crippen LogP contribution >= 0.6 is 0 Å². The predicted molar refractivity (Wildman–Crippen MR) is 70.3 cm³/mol. The van der Waals surface area contributed by atoms with E-state index in [9.17, 15) is 4.79 Å². The van der Waals surface area contributed by atoms with Crippen molar-refractivity contribution in [2.45, 2.75) is 25.4 Å². The maximum Gasteiger partial charge on any atom is 0.221 e. The first-order valence-corrected chi connectivity index (χ1v) is 6.70. The molecule has 0 bridgehead atoms. The molecule has 1 atom stereocenters. The standard InChI is InChI=1S/C14H18N2O3/c17-13-7-11(9-16-13)15-8-10-3-1-4-12-14(10)19-6-2-5-18-12/h1,3-4,11,15H,2,5-9H2,(H,16,17). The smallest absolute Gasteiger partial charge is 0.221 e. The summed E-state index contributed by atoms with van der Waals surface area (Å²) in [5, 5.41) is 6.20. The largest absolute Gasteiger partial charge is 0.490 e. The lowest BCUT2D eigenvalue weighted by molar-refractivity contribution is -0.119. The van der Waals surface area contributed by atoms with E-state index in [2.05, 4.69) is 10.6 Å². The molecule has 0 aliphatic carbocycles. The van der Waals surface area contributed by atoms with Crippen LogP contribution in [0.2, 0.25) is 0 Å². The van der Waals surface area contributed by atoms with E-state index in [0.29, 0.717) is 32.7 Å². The minimum atomic E-state index is 0.115. The van der Waals surface area contributed by atoms with Crippen LogP contribution in [0.15, 0.2) is 18.2 Å². The molecule has 1 fully saturated rings. The summed E-state index contributed by atoms with van der Waals surface area (Å²) in [4.78, 5) is 11.1. The van der Waals surface area contributed by atoms with Crippen molar-refractivity contribution in [1.82, 2.24) is 10.6 Å². The van der Waals surface area contributed by atoms with Gasteiger partial charge >= 0.3 is 0 Å². The van der Waals surface area contributed by atoms with Crippen LogP contribution in [0.25, 0.3) is 0 Å². The molecule has 5 nitrogen and oxygen atoms in total. The van der Waals surface area contributed by atoms with Crippen molar-refractivity contribution in [2.75, 3.05) is 19.8 Å². The number of hydrogen-bond acceptors (Lipinski definition) is 4. The van der Waals surface area contributed by atoms with Crippen LogP contribution in [-0.2, 0) is 11.3 Å². The Bertz CT molecular complexity index is 476. The second-order valence-electron chi connectivity index (χ2n) is 4.88. The van der Waals surface area contributed by atoms with Crippen molar-refractivity contribution in [3.8, 4) is 11.5 Å². The SMILES string of the molecule is O=C1CC(NCc2cccc3c2OCCCO3)CN1. The first-order valence-electron chi connectivity index (χ1n) is 6.70. The molecule has 5 heteroatoms. The highest BCUT2D eigenvalue weighted by atomic mass is 16.5. The zero-order chi connectivity index (χ0) is 13.1. The van der Waals surface area contributed by atoms with Crippen LogP contribution in [0.1, 0.15) is 18.4 Å². The first kappa shape index (κ1) is 12.3. The number of rotatable bonds is 3. The maximum absolute atomic E-state index is 11.1. The van der Waals surface area contributed by atoms with Crippen LogP contribution in [0.4, 0.5) is 0 Å². The van der Waals surface area contributed by atoms with Crippen molar-refractivity contribution in [3.63, 3.8) is 0 Å². The second-order valence-corrected chi connectivity index (χ2v) is 4.88. The fourth-order valence-corrected chi connectivity index (χ4v) is 2.40. The average molecular weight is 262 g/mol. The number of carbonyl (C=O) groups excluding carboxylic acids is 1. The van der Waals surface area contributed by atoms with E-state index in [1.165, 1.54) is 0 Å². The van der Waals surface area contributed by atoms with E-state index >= 15 is 0 Å². The number of amides is 1. The van der Waals surface area contributed by atoms with Crippen molar-refractivity contribution >= 4 is 5.91 Å². The van der Waals surface area contributed by atoms with E-state index in [4.69, 9.17) is 9.47 Å². The Morgan fingerprint density at radius 3 is 3.05 bits per heavy atom. The molecule has 2 heterocycles. The molecule has 2 aliphatic heterocycles. The summed E-state index contributed by atoms with van der Waals surface area (Å²) in [6.45, 7) is 2.77. The third-order valence-electron chi connectivity index (χ3n) is 3.41. The summed E-state index contributed by atoms with van der Waals surface area (Å²) in [5.74, 6) is 1.77. The summed E-state index contributed by atoms with van der Waals surface area (Å²) < 4.78 is 11.4. The Labute approximate surface area is 112 Å². The van der Waals surface area contributed by atoms with Gasteiger partial charge in [-0.25, -0.2) is 0 Å². The molecule has 0 spiro atoms. The lowest BCUT2D eigenvalue weighted by atomic mass is 10.1. The minimum absolute atomic E-state index is 0.115. The Morgan fingerprint density at radius 2 is 2.21 bits per heavy atom.